The third kappa shape index (κ3) is 4.35. The van der Waals surface area contributed by atoms with Crippen LogP contribution in [0.25, 0.3) is 0 Å². The Bertz CT molecular complexity index is 583. The van der Waals surface area contributed by atoms with Crippen LogP contribution in [0.5, 0.6) is 0 Å². The molecule has 0 radical (unpaired) electrons. The van der Waals surface area contributed by atoms with Crippen molar-refractivity contribution in [1.82, 2.24) is 9.80 Å². The van der Waals surface area contributed by atoms with E-state index in [1.165, 1.54) is 12.0 Å². The summed E-state index contributed by atoms with van der Waals surface area (Å²) in [5.74, 6) is -0.582. The van der Waals surface area contributed by atoms with Crippen LogP contribution >= 0.6 is 0 Å². The zero-order chi connectivity index (χ0) is 17.4. The van der Waals surface area contributed by atoms with Crippen molar-refractivity contribution < 1.29 is 27.5 Å². The van der Waals surface area contributed by atoms with E-state index in [2.05, 4.69) is 4.74 Å². The highest BCUT2D eigenvalue weighted by Gasteiger charge is 2.49. The molecule has 2 saturated heterocycles. The Hall–Kier alpha value is -1.35. The van der Waals surface area contributed by atoms with Gasteiger partial charge in [0, 0.05) is 19.1 Å². The van der Waals surface area contributed by atoms with E-state index < -0.39 is 39.6 Å². The number of nitrogens with zero attached hydrogens (tertiary/aromatic N) is 2. The SMILES string of the molecule is COC(=O)CN1CCN(C(=O)OC(C)(C)C)C2CS(=O)(=O)CC21. The molecule has 0 aromatic rings. The van der Waals surface area contributed by atoms with Gasteiger partial charge in [0.15, 0.2) is 9.84 Å². The molecule has 2 unspecified atom stereocenters. The lowest BCUT2D eigenvalue weighted by Gasteiger charge is -2.43. The summed E-state index contributed by atoms with van der Waals surface area (Å²) in [5, 5.41) is 0. The summed E-state index contributed by atoms with van der Waals surface area (Å²) in [6.45, 7) is 6.05. The molecular weight excluding hydrogens is 324 g/mol. The van der Waals surface area contributed by atoms with E-state index in [1.807, 2.05) is 0 Å². The summed E-state index contributed by atoms with van der Waals surface area (Å²) in [6.07, 6.45) is -0.512. The summed E-state index contributed by atoms with van der Waals surface area (Å²) in [4.78, 5) is 27.1. The zero-order valence-electron chi connectivity index (χ0n) is 13.9. The van der Waals surface area contributed by atoms with Crippen LogP contribution in [-0.2, 0) is 24.1 Å². The third-order valence-electron chi connectivity index (χ3n) is 3.98. The fraction of sp³-hybridized carbons (Fsp3) is 0.857. The quantitative estimate of drug-likeness (QED) is 0.642. The average Bonchev–Trinajstić information content (AvgIpc) is 2.72. The highest BCUT2D eigenvalue weighted by atomic mass is 32.2. The van der Waals surface area contributed by atoms with Gasteiger partial charge in [-0.1, -0.05) is 0 Å². The minimum atomic E-state index is -3.26. The van der Waals surface area contributed by atoms with Gasteiger partial charge in [-0.2, -0.15) is 0 Å². The summed E-state index contributed by atoms with van der Waals surface area (Å²) >= 11 is 0. The maximum absolute atomic E-state index is 12.4. The van der Waals surface area contributed by atoms with Gasteiger partial charge in [-0.15, -0.1) is 0 Å². The monoisotopic (exact) mass is 348 g/mol. The Morgan fingerprint density at radius 2 is 1.74 bits per heavy atom. The molecule has 2 atom stereocenters. The third-order valence-corrected chi connectivity index (χ3v) is 5.68. The van der Waals surface area contributed by atoms with Crippen molar-refractivity contribution in [3.8, 4) is 0 Å². The van der Waals surface area contributed by atoms with Gasteiger partial charge < -0.3 is 14.4 Å². The molecule has 0 spiro atoms. The van der Waals surface area contributed by atoms with E-state index in [-0.39, 0.29) is 18.1 Å². The van der Waals surface area contributed by atoms with E-state index in [1.54, 1.807) is 25.7 Å². The molecule has 0 aromatic heterocycles. The van der Waals surface area contributed by atoms with Crippen LogP contribution in [0.4, 0.5) is 4.79 Å². The summed E-state index contributed by atoms with van der Waals surface area (Å²) in [5.41, 5.74) is -0.646. The maximum Gasteiger partial charge on any atom is 0.410 e. The second kappa shape index (κ2) is 6.27. The molecular formula is C14H24N2O6S. The molecule has 2 heterocycles. The van der Waals surface area contributed by atoms with Gasteiger partial charge in [-0.25, -0.2) is 13.2 Å². The molecule has 8 nitrogen and oxygen atoms in total. The van der Waals surface area contributed by atoms with Crippen molar-refractivity contribution in [1.29, 1.82) is 0 Å². The summed E-state index contributed by atoms with van der Waals surface area (Å²) < 4.78 is 34.1. The first kappa shape index (κ1) is 18.0. The van der Waals surface area contributed by atoms with E-state index in [9.17, 15) is 18.0 Å². The Kier molecular flexibility index (Phi) is 4.91. The number of rotatable bonds is 2. The first-order valence-electron chi connectivity index (χ1n) is 7.53. The van der Waals surface area contributed by atoms with Gasteiger partial charge in [0.25, 0.3) is 0 Å². The normalized spacial score (nSPS) is 27.4. The Morgan fingerprint density at radius 1 is 1.13 bits per heavy atom. The highest BCUT2D eigenvalue weighted by Crippen LogP contribution is 2.28. The van der Waals surface area contributed by atoms with Crippen LogP contribution in [0.15, 0.2) is 0 Å². The molecule has 132 valence electrons. The molecule has 0 aromatic carbocycles. The van der Waals surface area contributed by atoms with Crippen molar-refractivity contribution in [2.75, 3.05) is 38.2 Å². The minimum absolute atomic E-state index is 0.0232. The van der Waals surface area contributed by atoms with Gasteiger partial charge >= 0.3 is 12.1 Å². The second-order valence-corrected chi connectivity index (χ2v) is 9.09. The molecule has 0 bridgehead atoms. The van der Waals surface area contributed by atoms with Crippen LogP contribution in [0.1, 0.15) is 20.8 Å². The molecule has 0 saturated carbocycles. The zero-order valence-corrected chi connectivity index (χ0v) is 14.8. The minimum Gasteiger partial charge on any atom is -0.468 e. The van der Waals surface area contributed by atoms with Gasteiger partial charge in [0.2, 0.25) is 0 Å². The molecule has 23 heavy (non-hydrogen) atoms. The predicted octanol–water partition coefficient (Wildman–Crippen LogP) is -0.122. The first-order chi connectivity index (χ1) is 10.5. The van der Waals surface area contributed by atoms with E-state index in [4.69, 9.17) is 4.74 Å². The molecule has 2 aliphatic heterocycles. The van der Waals surface area contributed by atoms with Crippen molar-refractivity contribution in [2.45, 2.75) is 38.5 Å². The largest absolute Gasteiger partial charge is 0.468 e. The Morgan fingerprint density at radius 3 is 2.30 bits per heavy atom. The van der Waals surface area contributed by atoms with Gasteiger partial charge in [-0.3, -0.25) is 9.69 Å². The maximum atomic E-state index is 12.4. The number of sulfone groups is 1. The highest BCUT2D eigenvalue weighted by molar-refractivity contribution is 7.91. The number of amides is 1. The standard InChI is InChI=1S/C14H24N2O6S/c1-14(2,3)22-13(18)16-6-5-15(7-12(17)21-4)10-8-23(19,20)9-11(10)16/h10-11H,5-9H2,1-4H3. The van der Waals surface area contributed by atoms with Crippen LogP contribution in [0.2, 0.25) is 0 Å². The molecule has 0 N–H and O–H groups in total. The number of carbonyl (C=O) groups excluding carboxylic acids is 2. The molecule has 1 amide bonds. The number of piperazine rings is 1. The number of fused-ring (bicyclic) bond motifs is 1. The van der Waals surface area contributed by atoms with Crippen molar-refractivity contribution in [3.05, 3.63) is 0 Å². The molecule has 2 aliphatic rings. The van der Waals surface area contributed by atoms with E-state index >= 15 is 0 Å². The smallest absolute Gasteiger partial charge is 0.410 e. The van der Waals surface area contributed by atoms with Crippen molar-refractivity contribution >= 4 is 21.9 Å². The molecule has 2 rings (SSSR count). The van der Waals surface area contributed by atoms with Crippen LogP contribution in [-0.4, -0.2) is 86.2 Å². The van der Waals surface area contributed by atoms with Crippen LogP contribution < -0.4 is 0 Å². The number of hydrogen-bond donors (Lipinski definition) is 0. The Labute approximate surface area is 136 Å². The lowest BCUT2D eigenvalue weighted by Crippen LogP contribution is -2.61. The van der Waals surface area contributed by atoms with Crippen molar-refractivity contribution in [2.24, 2.45) is 0 Å². The van der Waals surface area contributed by atoms with Crippen LogP contribution in [0, 0.1) is 0 Å². The number of carbonyl (C=O) groups is 2. The predicted molar refractivity (Wildman–Crippen MR) is 82.8 cm³/mol. The number of methoxy groups -OCH3 is 1. The second-order valence-electron chi connectivity index (χ2n) is 6.93. The van der Waals surface area contributed by atoms with E-state index in [0.717, 1.165) is 0 Å². The number of hydrogen-bond acceptors (Lipinski definition) is 7. The van der Waals surface area contributed by atoms with Gasteiger partial charge in [0.1, 0.15) is 5.60 Å². The first-order valence-corrected chi connectivity index (χ1v) is 9.35. The van der Waals surface area contributed by atoms with Gasteiger partial charge in [0.05, 0.1) is 31.2 Å². The summed E-state index contributed by atoms with van der Waals surface area (Å²) in [6, 6.07) is -0.895. The average molecular weight is 348 g/mol. The lowest BCUT2D eigenvalue weighted by atomic mass is 10.1. The lowest BCUT2D eigenvalue weighted by molar-refractivity contribution is -0.143. The van der Waals surface area contributed by atoms with Gasteiger partial charge in [-0.05, 0) is 20.8 Å². The molecule has 2 fully saturated rings. The fourth-order valence-electron chi connectivity index (χ4n) is 3.00. The number of esters is 1. The number of ether oxygens (including phenoxy) is 2. The fourth-order valence-corrected chi connectivity index (χ4v) is 5.01. The van der Waals surface area contributed by atoms with Crippen LogP contribution in [0.3, 0.4) is 0 Å². The Balaban J connectivity index is 2.18. The molecule has 9 heteroatoms. The summed E-state index contributed by atoms with van der Waals surface area (Å²) in [7, 11) is -1.96. The van der Waals surface area contributed by atoms with E-state index in [0.29, 0.717) is 13.1 Å². The topological polar surface area (TPSA) is 93.2 Å². The molecule has 0 aliphatic carbocycles. The van der Waals surface area contributed by atoms with Crippen molar-refractivity contribution in [3.63, 3.8) is 0 Å².